The number of rotatable bonds is 10. The molecule has 176 valence electrons. The van der Waals surface area contributed by atoms with Crippen LogP contribution in [-0.2, 0) is 16.0 Å². The fourth-order valence-electron chi connectivity index (χ4n) is 3.66. The third-order valence-electron chi connectivity index (χ3n) is 5.70. The third-order valence-corrected chi connectivity index (χ3v) is 5.70. The zero-order valence-corrected chi connectivity index (χ0v) is 19.6. The molecule has 1 saturated carbocycles. The number of para-hydroxylation sites is 1. The molecule has 0 saturated heterocycles. The maximum atomic E-state index is 12.3. The van der Waals surface area contributed by atoms with E-state index in [1.807, 2.05) is 79.2 Å². The van der Waals surface area contributed by atoms with Crippen molar-refractivity contribution in [1.29, 1.82) is 0 Å². The highest BCUT2D eigenvalue weighted by molar-refractivity contribution is 5.92. The van der Waals surface area contributed by atoms with Crippen LogP contribution in [0.4, 0.5) is 0 Å². The second-order valence-electron chi connectivity index (χ2n) is 8.48. The van der Waals surface area contributed by atoms with Crippen molar-refractivity contribution in [3.63, 3.8) is 0 Å². The molecule has 0 unspecified atom stereocenters. The van der Waals surface area contributed by atoms with Crippen molar-refractivity contribution < 1.29 is 14.3 Å². The number of hydrogen-bond acceptors (Lipinski definition) is 4. The van der Waals surface area contributed by atoms with E-state index in [0.29, 0.717) is 24.8 Å². The molecule has 1 aliphatic carbocycles. The fraction of sp³-hybridized carbons (Fsp3) is 0.296. The Morgan fingerprint density at radius 2 is 1.82 bits per heavy atom. The summed E-state index contributed by atoms with van der Waals surface area (Å²) in [7, 11) is 0. The number of carbonyl (C=O) groups is 2. The number of ether oxygens (including phenoxy) is 1. The van der Waals surface area contributed by atoms with Crippen LogP contribution in [0.5, 0.6) is 5.75 Å². The quantitative estimate of drug-likeness (QED) is 0.455. The van der Waals surface area contributed by atoms with Gasteiger partial charge in [-0.1, -0.05) is 30.3 Å². The van der Waals surface area contributed by atoms with Gasteiger partial charge in [-0.2, -0.15) is 5.10 Å². The van der Waals surface area contributed by atoms with Crippen LogP contribution in [0.15, 0.2) is 60.7 Å². The zero-order chi connectivity index (χ0) is 23.9. The number of hydrogen-bond donors (Lipinski definition) is 2. The summed E-state index contributed by atoms with van der Waals surface area (Å²) in [6.45, 7) is 4.49. The van der Waals surface area contributed by atoms with E-state index in [0.717, 1.165) is 41.0 Å². The Balaban J connectivity index is 1.23. The molecule has 7 nitrogen and oxygen atoms in total. The molecule has 34 heavy (non-hydrogen) atoms. The van der Waals surface area contributed by atoms with E-state index in [9.17, 15) is 9.59 Å². The minimum Gasteiger partial charge on any atom is -0.484 e. The van der Waals surface area contributed by atoms with E-state index in [-0.39, 0.29) is 18.4 Å². The van der Waals surface area contributed by atoms with Gasteiger partial charge in [-0.05, 0) is 69.0 Å². The number of nitrogens with zero attached hydrogens (tertiary/aromatic N) is 2. The van der Waals surface area contributed by atoms with Gasteiger partial charge in [0.1, 0.15) is 5.75 Å². The topological polar surface area (TPSA) is 85.2 Å². The van der Waals surface area contributed by atoms with Crippen LogP contribution >= 0.6 is 0 Å². The van der Waals surface area contributed by atoms with Gasteiger partial charge in [-0.25, -0.2) is 4.68 Å². The molecule has 2 N–H and O–H groups in total. The Kier molecular flexibility index (Phi) is 7.42. The predicted octanol–water partition coefficient (Wildman–Crippen LogP) is 3.52. The summed E-state index contributed by atoms with van der Waals surface area (Å²) < 4.78 is 7.41. The first-order valence-electron chi connectivity index (χ1n) is 11.6. The number of carbonyl (C=O) groups excluding carboxylic acids is 2. The standard InChI is InChI=1S/C27H30N4O3/c1-19-25(20(2)31(30-19)23-6-4-3-5-7-23)14-15-26(32)28-17-16-21-8-12-24(13-9-21)34-18-27(33)29-22-10-11-22/h3-9,12-15,22H,10-11,16-18H2,1-2H3,(H,28,32)(H,29,33)/b15-14+. The first-order chi connectivity index (χ1) is 16.5. The van der Waals surface area contributed by atoms with Gasteiger partial charge >= 0.3 is 0 Å². The molecule has 2 aromatic carbocycles. The molecule has 3 aromatic rings. The summed E-state index contributed by atoms with van der Waals surface area (Å²) in [5.74, 6) is 0.427. The Bertz CT molecular complexity index is 1160. The molecule has 0 spiro atoms. The molecule has 1 aromatic heterocycles. The van der Waals surface area contributed by atoms with Crippen molar-refractivity contribution in [2.24, 2.45) is 0 Å². The molecule has 0 aliphatic heterocycles. The smallest absolute Gasteiger partial charge is 0.258 e. The van der Waals surface area contributed by atoms with E-state index >= 15 is 0 Å². The fourth-order valence-corrected chi connectivity index (χ4v) is 3.66. The van der Waals surface area contributed by atoms with E-state index in [1.54, 1.807) is 6.08 Å². The van der Waals surface area contributed by atoms with Gasteiger partial charge in [-0.3, -0.25) is 9.59 Å². The molecule has 4 rings (SSSR count). The number of aryl methyl sites for hydroxylation is 1. The average molecular weight is 459 g/mol. The predicted molar refractivity (Wildman–Crippen MR) is 132 cm³/mol. The molecule has 7 heteroatoms. The Morgan fingerprint density at radius 3 is 2.53 bits per heavy atom. The zero-order valence-electron chi connectivity index (χ0n) is 19.6. The molecular formula is C27H30N4O3. The Morgan fingerprint density at radius 1 is 1.09 bits per heavy atom. The minimum atomic E-state index is -0.145. The van der Waals surface area contributed by atoms with Crippen molar-refractivity contribution in [3.8, 4) is 11.4 Å². The van der Waals surface area contributed by atoms with Gasteiger partial charge in [0, 0.05) is 29.9 Å². The lowest BCUT2D eigenvalue weighted by atomic mass is 10.1. The van der Waals surface area contributed by atoms with Crippen molar-refractivity contribution in [1.82, 2.24) is 20.4 Å². The summed E-state index contributed by atoms with van der Waals surface area (Å²) in [5.41, 5.74) is 4.87. The van der Waals surface area contributed by atoms with Gasteiger partial charge in [0.15, 0.2) is 6.61 Å². The van der Waals surface area contributed by atoms with E-state index in [1.165, 1.54) is 0 Å². The second-order valence-corrected chi connectivity index (χ2v) is 8.48. The summed E-state index contributed by atoms with van der Waals surface area (Å²) in [6, 6.07) is 17.8. The number of nitrogens with one attached hydrogen (secondary N) is 2. The number of aromatic nitrogens is 2. The highest BCUT2D eigenvalue weighted by atomic mass is 16.5. The molecule has 0 bridgehead atoms. The summed E-state index contributed by atoms with van der Waals surface area (Å²) >= 11 is 0. The second kappa shape index (κ2) is 10.8. The monoisotopic (exact) mass is 458 g/mol. The van der Waals surface area contributed by atoms with Gasteiger partial charge < -0.3 is 15.4 Å². The van der Waals surface area contributed by atoms with Crippen LogP contribution in [0.1, 0.15) is 35.4 Å². The molecule has 0 atom stereocenters. The van der Waals surface area contributed by atoms with E-state index in [4.69, 9.17) is 4.74 Å². The molecule has 0 radical (unpaired) electrons. The van der Waals surface area contributed by atoms with Crippen molar-refractivity contribution in [3.05, 3.63) is 83.2 Å². The van der Waals surface area contributed by atoms with Crippen LogP contribution in [0.3, 0.4) is 0 Å². The first kappa shape index (κ1) is 23.3. The van der Waals surface area contributed by atoms with E-state index in [2.05, 4.69) is 15.7 Å². The summed E-state index contributed by atoms with van der Waals surface area (Å²) in [5, 5.41) is 10.4. The van der Waals surface area contributed by atoms with Gasteiger partial charge in [0.25, 0.3) is 5.91 Å². The van der Waals surface area contributed by atoms with Crippen LogP contribution in [-0.4, -0.2) is 40.8 Å². The molecule has 1 fully saturated rings. The van der Waals surface area contributed by atoms with Crippen LogP contribution in [0.2, 0.25) is 0 Å². The molecule has 2 amide bonds. The normalized spacial score (nSPS) is 13.1. The van der Waals surface area contributed by atoms with Crippen molar-refractivity contribution in [2.45, 2.75) is 39.2 Å². The SMILES string of the molecule is Cc1nn(-c2ccccc2)c(C)c1/C=C/C(=O)NCCc1ccc(OCC(=O)NC2CC2)cc1. The van der Waals surface area contributed by atoms with Gasteiger partial charge in [0.05, 0.1) is 11.4 Å². The number of amides is 2. The third kappa shape index (κ3) is 6.34. The van der Waals surface area contributed by atoms with Crippen LogP contribution < -0.4 is 15.4 Å². The highest BCUT2D eigenvalue weighted by Crippen LogP contribution is 2.20. The maximum Gasteiger partial charge on any atom is 0.258 e. The lowest BCUT2D eigenvalue weighted by Gasteiger charge is -2.08. The molecule has 1 aliphatic rings. The summed E-state index contributed by atoms with van der Waals surface area (Å²) in [6.07, 6.45) is 6.19. The highest BCUT2D eigenvalue weighted by Gasteiger charge is 2.23. The molecule has 1 heterocycles. The first-order valence-corrected chi connectivity index (χ1v) is 11.6. The van der Waals surface area contributed by atoms with Gasteiger partial charge in [0.2, 0.25) is 5.91 Å². The lowest BCUT2D eigenvalue weighted by molar-refractivity contribution is -0.123. The average Bonchev–Trinajstić information content (AvgIpc) is 3.61. The van der Waals surface area contributed by atoms with Crippen molar-refractivity contribution >= 4 is 17.9 Å². The maximum absolute atomic E-state index is 12.3. The summed E-state index contributed by atoms with van der Waals surface area (Å²) in [4.78, 5) is 24.0. The van der Waals surface area contributed by atoms with E-state index < -0.39 is 0 Å². The molecular weight excluding hydrogens is 428 g/mol. The Hall–Kier alpha value is -3.87. The number of benzene rings is 2. The largest absolute Gasteiger partial charge is 0.484 e. The van der Waals surface area contributed by atoms with Gasteiger partial charge in [-0.15, -0.1) is 0 Å². The van der Waals surface area contributed by atoms with Crippen LogP contribution in [0, 0.1) is 13.8 Å². The van der Waals surface area contributed by atoms with Crippen LogP contribution in [0.25, 0.3) is 11.8 Å². The van der Waals surface area contributed by atoms with Crippen molar-refractivity contribution in [2.75, 3.05) is 13.2 Å². The Labute approximate surface area is 199 Å². The lowest BCUT2D eigenvalue weighted by Crippen LogP contribution is -2.30. The minimum absolute atomic E-state index is 0.0292.